The summed E-state index contributed by atoms with van der Waals surface area (Å²) in [5.41, 5.74) is 0.510. The van der Waals surface area contributed by atoms with Crippen LogP contribution in [-0.2, 0) is 16.8 Å². The number of aromatic nitrogens is 2. The van der Waals surface area contributed by atoms with Gasteiger partial charge in [-0.3, -0.25) is 10.1 Å². The molecule has 1 atom stereocenters. The number of carboxylic acids is 1. The molecule has 1 unspecified atom stereocenters. The summed E-state index contributed by atoms with van der Waals surface area (Å²) < 4.78 is 2.08. The van der Waals surface area contributed by atoms with Crippen LogP contribution in [0.3, 0.4) is 0 Å². The van der Waals surface area contributed by atoms with Crippen molar-refractivity contribution in [1.29, 1.82) is 0 Å². The zero-order valence-electron chi connectivity index (χ0n) is 15.8. The van der Waals surface area contributed by atoms with Gasteiger partial charge in [-0.2, -0.15) is 0 Å². The van der Waals surface area contributed by atoms with Crippen LogP contribution in [0, 0.1) is 11.8 Å². The first-order chi connectivity index (χ1) is 10.4. The van der Waals surface area contributed by atoms with Crippen LogP contribution in [0.1, 0.15) is 61.1 Å². The van der Waals surface area contributed by atoms with Crippen LogP contribution in [0.5, 0.6) is 0 Å². The molecule has 0 aliphatic heterocycles. The Kier molecular flexibility index (Phi) is 6.02. The summed E-state index contributed by atoms with van der Waals surface area (Å²) in [5, 5.41) is 12.8. The van der Waals surface area contributed by atoms with E-state index < -0.39 is 12.0 Å². The molecular weight excluding hydrogens is 290 g/mol. The largest absolute Gasteiger partial charge is 0.480 e. The minimum Gasteiger partial charge on any atom is -0.480 e. The van der Waals surface area contributed by atoms with Gasteiger partial charge in [0.25, 0.3) is 0 Å². The van der Waals surface area contributed by atoms with Gasteiger partial charge >= 0.3 is 5.97 Å². The third-order valence-corrected chi connectivity index (χ3v) is 5.42. The van der Waals surface area contributed by atoms with Crippen molar-refractivity contribution in [3.05, 3.63) is 18.2 Å². The van der Waals surface area contributed by atoms with E-state index in [9.17, 15) is 9.90 Å². The number of nitrogens with one attached hydrogen (secondary N) is 1. The predicted molar refractivity (Wildman–Crippen MR) is 93.6 cm³/mol. The van der Waals surface area contributed by atoms with Crippen LogP contribution >= 0.6 is 0 Å². The summed E-state index contributed by atoms with van der Waals surface area (Å²) in [6.45, 7) is 16.9. The molecule has 5 heteroatoms. The molecule has 0 aliphatic rings. The van der Waals surface area contributed by atoms with Crippen LogP contribution in [0.25, 0.3) is 0 Å². The van der Waals surface area contributed by atoms with Gasteiger partial charge in [0, 0.05) is 23.7 Å². The number of aliphatic carboxylic acids is 1. The molecule has 5 nitrogen and oxygen atoms in total. The minimum atomic E-state index is -0.837. The summed E-state index contributed by atoms with van der Waals surface area (Å²) in [5.74, 6) is -0.0454. The number of hydrogen-bond acceptors (Lipinski definition) is 3. The minimum absolute atomic E-state index is 0.0470. The first-order valence-corrected chi connectivity index (χ1v) is 8.41. The summed E-state index contributed by atoms with van der Waals surface area (Å²) in [7, 11) is 0. The topological polar surface area (TPSA) is 67.2 Å². The molecule has 0 aliphatic carbocycles. The van der Waals surface area contributed by atoms with Gasteiger partial charge in [-0.15, -0.1) is 0 Å². The summed E-state index contributed by atoms with van der Waals surface area (Å²) >= 11 is 0. The molecule has 0 fully saturated rings. The highest BCUT2D eigenvalue weighted by Gasteiger charge is 2.30. The van der Waals surface area contributed by atoms with Crippen molar-refractivity contribution >= 4 is 5.97 Å². The normalized spacial score (nSPS) is 14.5. The third-order valence-electron chi connectivity index (χ3n) is 5.42. The smallest absolute Gasteiger partial charge is 0.321 e. The first-order valence-electron chi connectivity index (χ1n) is 8.41. The van der Waals surface area contributed by atoms with Gasteiger partial charge in [0.1, 0.15) is 6.04 Å². The zero-order valence-corrected chi connectivity index (χ0v) is 15.8. The molecular formula is C18H33N3O2. The van der Waals surface area contributed by atoms with Gasteiger partial charge < -0.3 is 9.67 Å². The molecule has 0 saturated heterocycles. The van der Waals surface area contributed by atoms with Crippen molar-refractivity contribution in [3.8, 4) is 0 Å². The third kappa shape index (κ3) is 4.80. The van der Waals surface area contributed by atoms with Crippen molar-refractivity contribution in [1.82, 2.24) is 14.9 Å². The highest BCUT2D eigenvalue weighted by Crippen LogP contribution is 2.25. The Balaban J connectivity index is 2.91. The molecule has 2 N–H and O–H groups in total. The van der Waals surface area contributed by atoms with Crippen LogP contribution < -0.4 is 5.32 Å². The quantitative estimate of drug-likeness (QED) is 0.770. The lowest BCUT2D eigenvalue weighted by Crippen LogP contribution is -2.53. The van der Waals surface area contributed by atoms with Crippen LogP contribution in [0.2, 0.25) is 0 Å². The van der Waals surface area contributed by atoms with Gasteiger partial charge in [-0.05, 0) is 39.5 Å². The first kappa shape index (κ1) is 19.7. The van der Waals surface area contributed by atoms with E-state index in [1.807, 2.05) is 26.4 Å². The molecule has 0 spiro atoms. The standard InChI is InChI=1S/C18H33N3O2/c1-12(2)17(5,6)20-15(16(22)23)9-14-10-21(11-19-14)18(7,8)13(3)4/h10-13,15,20H,9H2,1-8H3,(H,22,23). The Morgan fingerprint density at radius 2 is 1.78 bits per heavy atom. The second-order valence-corrected chi connectivity index (χ2v) is 8.20. The van der Waals surface area contributed by atoms with E-state index in [0.29, 0.717) is 18.3 Å². The van der Waals surface area contributed by atoms with Gasteiger partial charge in [0.2, 0.25) is 0 Å². The monoisotopic (exact) mass is 323 g/mol. The SMILES string of the molecule is CC(C)C(C)(C)NC(Cc1cn(C(C)(C)C(C)C)cn1)C(=O)O. The Morgan fingerprint density at radius 3 is 2.22 bits per heavy atom. The van der Waals surface area contributed by atoms with Crippen LogP contribution in [0.15, 0.2) is 12.5 Å². The average molecular weight is 323 g/mol. The maximum Gasteiger partial charge on any atom is 0.321 e. The van der Waals surface area contributed by atoms with Gasteiger partial charge in [0.05, 0.1) is 12.0 Å². The average Bonchev–Trinajstić information content (AvgIpc) is 2.86. The number of imidazole rings is 1. The maximum absolute atomic E-state index is 11.6. The van der Waals surface area contributed by atoms with Crippen molar-refractivity contribution in [2.75, 3.05) is 0 Å². The Labute approximate surface area is 140 Å². The molecule has 132 valence electrons. The molecule has 1 heterocycles. The van der Waals surface area contributed by atoms with E-state index in [4.69, 9.17) is 0 Å². The van der Waals surface area contributed by atoms with Crippen molar-refractivity contribution in [2.24, 2.45) is 11.8 Å². The number of carboxylic acid groups (broad SMARTS) is 1. The van der Waals surface area contributed by atoms with Gasteiger partial charge in [0.15, 0.2) is 0 Å². The number of hydrogen-bond donors (Lipinski definition) is 2. The maximum atomic E-state index is 11.6. The van der Waals surface area contributed by atoms with Crippen molar-refractivity contribution in [3.63, 3.8) is 0 Å². The molecule has 0 saturated carbocycles. The highest BCUT2D eigenvalue weighted by molar-refractivity contribution is 5.74. The highest BCUT2D eigenvalue weighted by atomic mass is 16.4. The Morgan fingerprint density at radius 1 is 1.22 bits per heavy atom. The second-order valence-electron chi connectivity index (χ2n) is 8.20. The zero-order chi connectivity index (χ0) is 18.0. The van der Waals surface area contributed by atoms with E-state index >= 15 is 0 Å². The van der Waals surface area contributed by atoms with E-state index in [0.717, 1.165) is 5.69 Å². The van der Waals surface area contributed by atoms with Gasteiger partial charge in [-0.25, -0.2) is 4.98 Å². The van der Waals surface area contributed by atoms with Crippen molar-refractivity contribution in [2.45, 2.75) is 78.9 Å². The van der Waals surface area contributed by atoms with E-state index in [1.165, 1.54) is 0 Å². The predicted octanol–water partition coefficient (Wildman–Crippen LogP) is 3.29. The summed E-state index contributed by atoms with van der Waals surface area (Å²) in [6, 6.07) is -0.641. The van der Waals surface area contributed by atoms with Crippen molar-refractivity contribution < 1.29 is 9.90 Å². The molecule has 1 rings (SSSR count). The second kappa shape index (κ2) is 7.04. The lowest BCUT2D eigenvalue weighted by molar-refractivity contribution is -0.140. The Bertz CT molecular complexity index is 530. The fourth-order valence-electron chi connectivity index (χ4n) is 2.11. The van der Waals surface area contributed by atoms with E-state index in [-0.39, 0.29) is 11.1 Å². The lowest BCUT2D eigenvalue weighted by Gasteiger charge is -2.33. The number of rotatable bonds is 8. The molecule has 0 radical (unpaired) electrons. The molecule has 0 bridgehead atoms. The van der Waals surface area contributed by atoms with E-state index in [2.05, 4.69) is 56.4 Å². The van der Waals surface area contributed by atoms with Gasteiger partial charge in [-0.1, -0.05) is 27.7 Å². The molecule has 1 aromatic heterocycles. The van der Waals surface area contributed by atoms with E-state index in [1.54, 1.807) is 0 Å². The number of carbonyl (C=O) groups is 1. The molecule has 1 aromatic rings. The molecule has 23 heavy (non-hydrogen) atoms. The Hall–Kier alpha value is -1.36. The fourth-order valence-corrected chi connectivity index (χ4v) is 2.11. The van der Waals surface area contributed by atoms with Crippen LogP contribution in [0.4, 0.5) is 0 Å². The summed E-state index contributed by atoms with van der Waals surface area (Å²) in [4.78, 5) is 16.0. The number of nitrogens with zero attached hydrogens (tertiary/aromatic N) is 2. The molecule has 0 aromatic carbocycles. The fraction of sp³-hybridized carbons (Fsp3) is 0.778. The van der Waals surface area contributed by atoms with Crippen LogP contribution in [-0.4, -0.2) is 32.2 Å². The molecule has 0 amide bonds. The summed E-state index contributed by atoms with van der Waals surface area (Å²) in [6.07, 6.45) is 4.16. The lowest BCUT2D eigenvalue weighted by atomic mass is 9.89.